The molecule has 0 aliphatic carbocycles. The van der Waals surface area contributed by atoms with E-state index in [1.165, 1.54) is 12.1 Å². The SMILES string of the molecule is CN(C)c1cc(F)ccc1-c1ccc(Cl)c(Cl)c1. The van der Waals surface area contributed by atoms with Gasteiger partial charge in [0.15, 0.2) is 0 Å². The van der Waals surface area contributed by atoms with E-state index < -0.39 is 0 Å². The number of rotatable bonds is 2. The van der Waals surface area contributed by atoms with Gasteiger partial charge in [0.1, 0.15) is 5.82 Å². The molecule has 94 valence electrons. The molecule has 0 atom stereocenters. The maximum Gasteiger partial charge on any atom is 0.125 e. The van der Waals surface area contributed by atoms with E-state index in [0.717, 1.165) is 16.8 Å². The van der Waals surface area contributed by atoms with Crippen LogP contribution in [0.15, 0.2) is 36.4 Å². The molecule has 0 radical (unpaired) electrons. The molecule has 2 rings (SSSR count). The van der Waals surface area contributed by atoms with Crippen molar-refractivity contribution in [3.8, 4) is 11.1 Å². The van der Waals surface area contributed by atoms with Crippen LogP contribution in [0, 0.1) is 5.82 Å². The molecule has 0 heterocycles. The summed E-state index contributed by atoms with van der Waals surface area (Å²) in [5.41, 5.74) is 2.63. The van der Waals surface area contributed by atoms with Gasteiger partial charge in [-0.15, -0.1) is 0 Å². The van der Waals surface area contributed by atoms with Crippen molar-refractivity contribution in [2.45, 2.75) is 0 Å². The first-order valence-electron chi connectivity index (χ1n) is 5.41. The number of hydrogen-bond acceptors (Lipinski definition) is 1. The Morgan fingerprint density at radius 2 is 1.67 bits per heavy atom. The Morgan fingerprint density at radius 3 is 2.28 bits per heavy atom. The van der Waals surface area contributed by atoms with E-state index in [1.54, 1.807) is 18.2 Å². The molecule has 4 heteroatoms. The minimum atomic E-state index is -0.262. The highest BCUT2D eigenvalue weighted by atomic mass is 35.5. The molecule has 0 saturated carbocycles. The first-order valence-corrected chi connectivity index (χ1v) is 6.17. The Bertz CT molecular complexity index is 582. The average Bonchev–Trinajstić information content (AvgIpc) is 2.32. The highest BCUT2D eigenvalue weighted by Crippen LogP contribution is 2.34. The van der Waals surface area contributed by atoms with E-state index in [2.05, 4.69) is 0 Å². The standard InChI is InChI=1S/C14H12Cl2FN/c1-18(2)14-8-10(17)4-5-11(14)9-3-6-12(15)13(16)7-9/h3-8H,1-2H3. The maximum atomic E-state index is 13.3. The van der Waals surface area contributed by atoms with Gasteiger partial charge in [-0.1, -0.05) is 29.3 Å². The highest BCUT2D eigenvalue weighted by Gasteiger charge is 2.09. The largest absolute Gasteiger partial charge is 0.377 e. The predicted molar refractivity (Wildman–Crippen MR) is 76.2 cm³/mol. The zero-order chi connectivity index (χ0) is 13.3. The fourth-order valence-electron chi connectivity index (χ4n) is 1.78. The summed E-state index contributed by atoms with van der Waals surface area (Å²) in [4.78, 5) is 1.86. The second-order valence-corrected chi connectivity index (χ2v) is 5.00. The van der Waals surface area contributed by atoms with E-state index in [0.29, 0.717) is 10.0 Å². The topological polar surface area (TPSA) is 3.24 Å². The van der Waals surface area contributed by atoms with Crippen molar-refractivity contribution in [1.82, 2.24) is 0 Å². The first kappa shape index (κ1) is 13.2. The Morgan fingerprint density at radius 1 is 0.944 bits per heavy atom. The fourth-order valence-corrected chi connectivity index (χ4v) is 2.08. The molecule has 18 heavy (non-hydrogen) atoms. The lowest BCUT2D eigenvalue weighted by Gasteiger charge is -2.18. The van der Waals surface area contributed by atoms with Crippen LogP contribution in [0.2, 0.25) is 10.0 Å². The summed E-state index contributed by atoms with van der Waals surface area (Å²) in [7, 11) is 3.74. The monoisotopic (exact) mass is 283 g/mol. The van der Waals surface area contributed by atoms with Crippen molar-refractivity contribution in [2.24, 2.45) is 0 Å². The summed E-state index contributed by atoms with van der Waals surface area (Å²) in [6.45, 7) is 0. The van der Waals surface area contributed by atoms with Crippen LogP contribution in [0.3, 0.4) is 0 Å². The van der Waals surface area contributed by atoms with Gasteiger partial charge in [-0.3, -0.25) is 0 Å². The molecular formula is C14H12Cl2FN. The quantitative estimate of drug-likeness (QED) is 0.760. The summed E-state index contributed by atoms with van der Waals surface area (Å²) in [5.74, 6) is -0.262. The van der Waals surface area contributed by atoms with Crippen LogP contribution in [0.5, 0.6) is 0 Å². The zero-order valence-corrected chi connectivity index (χ0v) is 11.6. The van der Waals surface area contributed by atoms with Crippen molar-refractivity contribution in [3.63, 3.8) is 0 Å². The minimum absolute atomic E-state index is 0.262. The molecule has 0 unspecified atom stereocenters. The highest BCUT2D eigenvalue weighted by molar-refractivity contribution is 6.42. The third kappa shape index (κ3) is 2.60. The Kier molecular flexibility index (Phi) is 3.79. The number of benzene rings is 2. The number of nitrogens with zero attached hydrogens (tertiary/aromatic N) is 1. The van der Waals surface area contributed by atoms with Gasteiger partial charge in [-0.25, -0.2) is 4.39 Å². The summed E-state index contributed by atoms with van der Waals surface area (Å²) >= 11 is 11.9. The molecule has 0 N–H and O–H groups in total. The molecule has 0 aliphatic rings. The number of halogens is 3. The van der Waals surface area contributed by atoms with E-state index in [4.69, 9.17) is 23.2 Å². The molecule has 0 saturated heterocycles. The summed E-state index contributed by atoms with van der Waals surface area (Å²) < 4.78 is 13.3. The van der Waals surface area contributed by atoms with Crippen LogP contribution < -0.4 is 4.90 Å². The zero-order valence-electron chi connectivity index (χ0n) is 10.0. The van der Waals surface area contributed by atoms with E-state index in [1.807, 2.05) is 25.1 Å². The molecule has 0 aliphatic heterocycles. The van der Waals surface area contributed by atoms with Gasteiger partial charge >= 0.3 is 0 Å². The smallest absolute Gasteiger partial charge is 0.125 e. The third-order valence-electron chi connectivity index (χ3n) is 2.67. The summed E-state index contributed by atoms with van der Waals surface area (Å²) in [6.07, 6.45) is 0. The first-order chi connectivity index (χ1) is 8.49. The number of anilines is 1. The maximum absolute atomic E-state index is 13.3. The second-order valence-electron chi connectivity index (χ2n) is 4.18. The molecule has 2 aromatic carbocycles. The summed E-state index contributed by atoms with van der Waals surface area (Å²) in [5, 5.41) is 0.997. The predicted octanol–water partition coefficient (Wildman–Crippen LogP) is 4.87. The Balaban J connectivity index is 2.59. The Labute approximate surface area is 116 Å². The minimum Gasteiger partial charge on any atom is -0.377 e. The van der Waals surface area contributed by atoms with E-state index in [9.17, 15) is 4.39 Å². The third-order valence-corrected chi connectivity index (χ3v) is 3.41. The van der Waals surface area contributed by atoms with Crippen LogP contribution in [-0.2, 0) is 0 Å². The molecular weight excluding hydrogens is 272 g/mol. The van der Waals surface area contributed by atoms with Crippen molar-refractivity contribution in [1.29, 1.82) is 0 Å². The van der Waals surface area contributed by atoms with Crippen LogP contribution >= 0.6 is 23.2 Å². The average molecular weight is 284 g/mol. The van der Waals surface area contributed by atoms with Crippen LogP contribution in [0.1, 0.15) is 0 Å². The van der Waals surface area contributed by atoms with E-state index >= 15 is 0 Å². The molecule has 0 aromatic heterocycles. The van der Waals surface area contributed by atoms with Gasteiger partial charge in [-0.2, -0.15) is 0 Å². The lowest BCUT2D eigenvalue weighted by atomic mass is 10.0. The van der Waals surface area contributed by atoms with Crippen LogP contribution in [0.25, 0.3) is 11.1 Å². The number of hydrogen-bond donors (Lipinski definition) is 0. The van der Waals surface area contributed by atoms with Gasteiger partial charge < -0.3 is 4.90 Å². The van der Waals surface area contributed by atoms with E-state index in [-0.39, 0.29) is 5.82 Å². The molecule has 0 spiro atoms. The van der Waals surface area contributed by atoms with Crippen LogP contribution in [-0.4, -0.2) is 14.1 Å². The lowest BCUT2D eigenvalue weighted by Crippen LogP contribution is -2.10. The molecule has 0 fully saturated rings. The van der Waals surface area contributed by atoms with Crippen molar-refractivity contribution in [2.75, 3.05) is 19.0 Å². The second kappa shape index (κ2) is 5.17. The summed E-state index contributed by atoms with van der Waals surface area (Å²) in [6, 6.07) is 10.1. The molecule has 2 aromatic rings. The van der Waals surface area contributed by atoms with Gasteiger partial charge in [0, 0.05) is 25.3 Å². The van der Waals surface area contributed by atoms with Crippen molar-refractivity contribution >= 4 is 28.9 Å². The molecule has 0 amide bonds. The fraction of sp³-hybridized carbons (Fsp3) is 0.143. The molecule has 0 bridgehead atoms. The van der Waals surface area contributed by atoms with Gasteiger partial charge in [-0.05, 0) is 35.9 Å². The normalized spacial score (nSPS) is 10.5. The lowest BCUT2D eigenvalue weighted by molar-refractivity contribution is 0.628. The van der Waals surface area contributed by atoms with Crippen molar-refractivity contribution in [3.05, 3.63) is 52.3 Å². The van der Waals surface area contributed by atoms with Gasteiger partial charge in [0.25, 0.3) is 0 Å². The Hall–Kier alpha value is -1.25. The van der Waals surface area contributed by atoms with Crippen molar-refractivity contribution < 1.29 is 4.39 Å². The molecule has 1 nitrogen and oxygen atoms in total. The van der Waals surface area contributed by atoms with Gasteiger partial charge in [0.05, 0.1) is 10.0 Å². The van der Waals surface area contributed by atoms with Gasteiger partial charge in [0.2, 0.25) is 0 Å². The van der Waals surface area contributed by atoms with Crippen LogP contribution in [0.4, 0.5) is 10.1 Å².